The first kappa shape index (κ1) is 17.3. The van der Waals surface area contributed by atoms with Crippen molar-refractivity contribution in [3.63, 3.8) is 0 Å². The maximum atomic E-state index is 3.63. The number of hydrogen-bond acceptors (Lipinski definition) is 2. The lowest BCUT2D eigenvalue weighted by atomic mass is 9.69. The number of likely N-dealkylation sites (tertiary alicyclic amines) is 1. The summed E-state index contributed by atoms with van der Waals surface area (Å²) in [6.07, 6.45) is 9.81. The predicted octanol–water partition coefficient (Wildman–Crippen LogP) is 4.30. The molecule has 0 aromatic carbocycles. The highest BCUT2D eigenvalue weighted by Crippen LogP contribution is 2.40. The number of rotatable bonds is 3. The van der Waals surface area contributed by atoms with Crippen LogP contribution in [0.4, 0.5) is 0 Å². The number of nitrogens with one attached hydrogen (secondary N) is 1. The first-order valence-electron chi connectivity index (χ1n) is 9.37. The van der Waals surface area contributed by atoms with E-state index in [0.717, 1.165) is 17.9 Å². The van der Waals surface area contributed by atoms with Gasteiger partial charge in [0.25, 0.3) is 0 Å². The van der Waals surface area contributed by atoms with Crippen molar-refractivity contribution in [3.8, 4) is 0 Å². The minimum absolute atomic E-state index is 0.467. The van der Waals surface area contributed by atoms with Crippen molar-refractivity contribution >= 4 is 0 Å². The van der Waals surface area contributed by atoms with Crippen molar-refractivity contribution in [1.29, 1.82) is 0 Å². The summed E-state index contributed by atoms with van der Waals surface area (Å²) in [7, 11) is 2.17. The van der Waals surface area contributed by atoms with E-state index in [1.807, 2.05) is 0 Å². The predicted molar refractivity (Wildman–Crippen MR) is 92.6 cm³/mol. The van der Waals surface area contributed by atoms with Gasteiger partial charge in [-0.05, 0) is 75.9 Å². The van der Waals surface area contributed by atoms with E-state index in [1.165, 1.54) is 58.0 Å². The van der Waals surface area contributed by atoms with Crippen LogP contribution in [0, 0.1) is 17.3 Å². The normalized spacial score (nSPS) is 36.4. The minimum atomic E-state index is 0.467. The summed E-state index contributed by atoms with van der Waals surface area (Å²) < 4.78 is 0. The summed E-state index contributed by atoms with van der Waals surface area (Å²) >= 11 is 0. The maximum Gasteiger partial charge on any atom is 0.0252 e. The molecule has 2 rings (SSSR count). The van der Waals surface area contributed by atoms with Crippen LogP contribution in [0.25, 0.3) is 0 Å². The van der Waals surface area contributed by atoms with Gasteiger partial charge in [-0.3, -0.25) is 4.90 Å². The van der Waals surface area contributed by atoms with E-state index >= 15 is 0 Å². The van der Waals surface area contributed by atoms with Crippen molar-refractivity contribution in [2.75, 3.05) is 20.1 Å². The van der Waals surface area contributed by atoms with Crippen molar-refractivity contribution in [2.45, 2.75) is 84.7 Å². The standard InChI is InChI=1S/C19H38N2/c1-6-15-8-7-12-21(13-11-15)18-14-16(19(2,3)4)9-10-17(18)20-5/h15-18,20H,6-14H2,1-5H3. The molecule has 1 aliphatic carbocycles. The molecule has 0 amide bonds. The molecule has 4 unspecified atom stereocenters. The second-order valence-electron chi connectivity index (χ2n) is 8.58. The summed E-state index contributed by atoms with van der Waals surface area (Å²) in [6, 6.07) is 1.48. The smallest absolute Gasteiger partial charge is 0.0252 e. The van der Waals surface area contributed by atoms with Crippen LogP contribution >= 0.6 is 0 Å². The van der Waals surface area contributed by atoms with Crippen LogP contribution in [-0.4, -0.2) is 37.1 Å². The molecule has 0 spiro atoms. The van der Waals surface area contributed by atoms with Gasteiger partial charge in [-0.25, -0.2) is 0 Å². The second-order valence-corrected chi connectivity index (χ2v) is 8.58. The van der Waals surface area contributed by atoms with Gasteiger partial charge in [0.15, 0.2) is 0 Å². The molecule has 4 atom stereocenters. The maximum absolute atomic E-state index is 3.63. The molecule has 0 radical (unpaired) electrons. The average Bonchev–Trinajstić information content (AvgIpc) is 2.70. The minimum Gasteiger partial charge on any atom is -0.315 e. The molecule has 2 aliphatic rings. The van der Waals surface area contributed by atoms with Gasteiger partial charge < -0.3 is 5.32 Å². The number of nitrogens with zero attached hydrogens (tertiary/aromatic N) is 1. The Morgan fingerprint density at radius 2 is 1.81 bits per heavy atom. The monoisotopic (exact) mass is 294 g/mol. The Hall–Kier alpha value is -0.0800. The van der Waals surface area contributed by atoms with Gasteiger partial charge in [0.05, 0.1) is 0 Å². The molecule has 124 valence electrons. The molecule has 1 heterocycles. The fourth-order valence-electron chi connectivity index (χ4n) is 4.60. The zero-order chi connectivity index (χ0) is 15.5. The van der Waals surface area contributed by atoms with Crippen molar-refractivity contribution in [3.05, 3.63) is 0 Å². The van der Waals surface area contributed by atoms with Crippen molar-refractivity contribution < 1.29 is 0 Å². The van der Waals surface area contributed by atoms with Crippen LogP contribution in [0.3, 0.4) is 0 Å². The van der Waals surface area contributed by atoms with Crippen LogP contribution in [-0.2, 0) is 0 Å². The average molecular weight is 295 g/mol. The summed E-state index contributed by atoms with van der Waals surface area (Å²) in [6.45, 7) is 12.3. The molecule has 1 saturated carbocycles. The van der Waals surface area contributed by atoms with Crippen LogP contribution in [0.1, 0.15) is 72.6 Å². The third-order valence-corrected chi connectivity index (χ3v) is 6.34. The highest BCUT2D eigenvalue weighted by molar-refractivity contribution is 4.94. The molecular formula is C19H38N2. The van der Waals surface area contributed by atoms with Crippen LogP contribution in [0.5, 0.6) is 0 Å². The third-order valence-electron chi connectivity index (χ3n) is 6.34. The molecular weight excluding hydrogens is 256 g/mol. The Balaban J connectivity index is 2.03. The molecule has 0 aromatic rings. The zero-order valence-corrected chi connectivity index (χ0v) is 15.1. The molecule has 2 nitrogen and oxygen atoms in total. The Labute approximate surface area is 133 Å². The highest BCUT2D eigenvalue weighted by Gasteiger charge is 2.38. The molecule has 1 N–H and O–H groups in total. The van der Waals surface area contributed by atoms with E-state index in [1.54, 1.807) is 0 Å². The Morgan fingerprint density at radius 3 is 2.43 bits per heavy atom. The largest absolute Gasteiger partial charge is 0.315 e. The molecule has 1 aliphatic heterocycles. The SMILES string of the molecule is CCC1CCCN(C2CC(C(C)(C)C)CCC2NC)CC1. The van der Waals surface area contributed by atoms with Crippen LogP contribution in [0.2, 0.25) is 0 Å². The summed E-state index contributed by atoms with van der Waals surface area (Å²) in [5, 5.41) is 3.63. The molecule has 0 aromatic heterocycles. The van der Waals surface area contributed by atoms with E-state index < -0.39 is 0 Å². The lowest BCUT2D eigenvalue weighted by Gasteiger charge is -2.46. The molecule has 2 heteroatoms. The van der Waals surface area contributed by atoms with E-state index in [9.17, 15) is 0 Å². The number of hydrogen-bond donors (Lipinski definition) is 1. The fourth-order valence-corrected chi connectivity index (χ4v) is 4.60. The molecule has 1 saturated heterocycles. The first-order valence-corrected chi connectivity index (χ1v) is 9.37. The zero-order valence-electron chi connectivity index (χ0n) is 15.1. The van der Waals surface area contributed by atoms with Crippen molar-refractivity contribution in [2.24, 2.45) is 17.3 Å². The van der Waals surface area contributed by atoms with Gasteiger partial charge in [0.2, 0.25) is 0 Å². The van der Waals surface area contributed by atoms with E-state index in [2.05, 4.69) is 45.0 Å². The highest BCUT2D eigenvalue weighted by atomic mass is 15.2. The van der Waals surface area contributed by atoms with Gasteiger partial charge in [-0.15, -0.1) is 0 Å². The summed E-state index contributed by atoms with van der Waals surface area (Å²) in [5.41, 5.74) is 0.467. The van der Waals surface area contributed by atoms with E-state index in [0.29, 0.717) is 11.5 Å². The first-order chi connectivity index (χ1) is 9.95. The van der Waals surface area contributed by atoms with Crippen LogP contribution in [0.15, 0.2) is 0 Å². The van der Waals surface area contributed by atoms with E-state index in [-0.39, 0.29) is 0 Å². The number of likely N-dealkylation sites (N-methyl/N-ethyl adjacent to an activating group) is 1. The quantitative estimate of drug-likeness (QED) is 0.835. The topological polar surface area (TPSA) is 15.3 Å². The van der Waals surface area contributed by atoms with Crippen LogP contribution < -0.4 is 5.32 Å². The Morgan fingerprint density at radius 1 is 1.05 bits per heavy atom. The molecule has 21 heavy (non-hydrogen) atoms. The Bertz CT molecular complexity index is 307. The van der Waals surface area contributed by atoms with Gasteiger partial charge in [0.1, 0.15) is 0 Å². The van der Waals surface area contributed by atoms with Gasteiger partial charge >= 0.3 is 0 Å². The second kappa shape index (κ2) is 7.46. The Kier molecular flexibility index (Phi) is 6.14. The van der Waals surface area contributed by atoms with E-state index in [4.69, 9.17) is 0 Å². The fraction of sp³-hybridized carbons (Fsp3) is 1.00. The lowest BCUT2D eigenvalue weighted by molar-refractivity contribution is 0.0616. The third kappa shape index (κ3) is 4.45. The van der Waals surface area contributed by atoms with Gasteiger partial charge in [0, 0.05) is 12.1 Å². The van der Waals surface area contributed by atoms with Gasteiger partial charge in [-0.1, -0.05) is 34.1 Å². The van der Waals surface area contributed by atoms with Gasteiger partial charge in [-0.2, -0.15) is 0 Å². The summed E-state index contributed by atoms with van der Waals surface area (Å²) in [4.78, 5) is 2.84. The lowest BCUT2D eigenvalue weighted by Crippen LogP contribution is -2.54. The molecule has 0 bridgehead atoms. The van der Waals surface area contributed by atoms with Crippen molar-refractivity contribution in [1.82, 2.24) is 10.2 Å². The summed E-state index contributed by atoms with van der Waals surface area (Å²) in [5.74, 6) is 1.86. The molecule has 2 fully saturated rings.